The molecule has 4 nitrogen and oxygen atoms in total. The van der Waals surface area contributed by atoms with Gasteiger partial charge in [-0.1, -0.05) is 11.6 Å². The molecule has 2 N–H and O–H groups in total. The fraction of sp³-hybridized carbons (Fsp3) is 0. The number of nitrogen functional groups attached to an aromatic ring is 1. The monoisotopic (exact) mass is 200 g/mol. The number of aromatic nitrogens is 3. The number of nitrogens with zero attached hydrogens (tertiary/aromatic N) is 3. The van der Waals surface area contributed by atoms with Crippen molar-refractivity contribution in [2.24, 2.45) is 0 Å². The topological polar surface area (TPSA) is 56.7 Å². The summed E-state index contributed by atoms with van der Waals surface area (Å²) in [4.78, 5) is 3.79. The maximum atomic E-state index is 5.87. The highest BCUT2D eigenvalue weighted by Gasteiger charge is 2.04. The van der Waals surface area contributed by atoms with E-state index in [1.807, 2.05) is 11.4 Å². The first kappa shape index (κ1) is 7.57. The van der Waals surface area contributed by atoms with Crippen LogP contribution in [0.25, 0.3) is 5.69 Å². The summed E-state index contributed by atoms with van der Waals surface area (Å²) < 4.78 is 2.23. The van der Waals surface area contributed by atoms with Crippen molar-refractivity contribution in [3.63, 3.8) is 0 Å². The molecule has 0 bridgehead atoms. The highest BCUT2D eigenvalue weighted by Crippen LogP contribution is 2.25. The van der Waals surface area contributed by atoms with Gasteiger partial charge in [-0.15, -0.1) is 16.4 Å². The predicted octanol–water partition coefficient (Wildman–Crippen LogP) is 1.56. The summed E-state index contributed by atoms with van der Waals surface area (Å²) in [7, 11) is 0. The standard InChI is InChI=1S/C6H5ClN4S/c7-5-4(1-2-12-5)11-3-9-6(8)10-11/h1-3H,(H2,8,10). The van der Waals surface area contributed by atoms with Crippen molar-refractivity contribution < 1.29 is 0 Å². The van der Waals surface area contributed by atoms with Crippen molar-refractivity contribution in [3.05, 3.63) is 22.1 Å². The van der Waals surface area contributed by atoms with Gasteiger partial charge in [0.25, 0.3) is 0 Å². The first-order chi connectivity index (χ1) is 5.77. The van der Waals surface area contributed by atoms with Crippen LogP contribution in [-0.4, -0.2) is 14.8 Å². The van der Waals surface area contributed by atoms with Crippen molar-refractivity contribution in [1.82, 2.24) is 14.8 Å². The molecule has 2 aromatic rings. The van der Waals surface area contributed by atoms with Crippen LogP contribution in [-0.2, 0) is 0 Å². The van der Waals surface area contributed by atoms with Crippen LogP contribution in [0, 0.1) is 0 Å². The van der Waals surface area contributed by atoms with Gasteiger partial charge in [-0.25, -0.2) is 9.67 Å². The van der Waals surface area contributed by atoms with E-state index in [1.165, 1.54) is 17.7 Å². The molecule has 12 heavy (non-hydrogen) atoms. The maximum Gasteiger partial charge on any atom is 0.239 e. The minimum absolute atomic E-state index is 0.247. The summed E-state index contributed by atoms with van der Waals surface area (Å²) in [5.41, 5.74) is 6.16. The number of hydrogen-bond acceptors (Lipinski definition) is 4. The Kier molecular flexibility index (Phi) is 1.74. The molecule has 2 heterocycles. The molecule has 0 aliphatic rings. The van der Waals surface area contributed by atoms with E-state index in [9.17, 15) is 0 Å². The lowest BCUT2D eigenvalue weighted by molar-refractivity contribution is 0.888. The van der Waals surface area contributed by atoms with Gasteiger partial charge >= 0.3 is 0 Å². The quantitative estimate of drug-likeness (QED) is 0.760. The van der Waals surface area contributed by atoms with Crippen LogP contribution in [0.15, 0.2) is 17.8 Å². The SMILES string of the molecule is Nc1ncn(-c2ccsc2Cl)n1. The fourth-order valence-corrected chi connectivity index (χ4v) is 1.75. The van der Waals surface area contributed by atoms with Gasteiger partial charge in [0.1, 0.15) is 10.7 Å². The van der Waals surface area contributed by atoms with Gasteiger partial charge in [-0.05, 0) is 11.4 Å². The summed E-state index contributed by atoms with van der Waals surface area (Å²) in [6.45, 7) is 0. The second-order valence-electron chi connectivity index (χ2n) is 2.13. The zero-order valence-corrected chi connectivity index (χ0v) is 7.51. The average molecular weight is 201 g/mol. The van der Waals surface area contributed by atoms with E-state index in [4.69, 9.17) is 17.3 Å². The van der Waals surface area contributed by atoms with E-state index in [-0.39, 0.29) is 5.95 Å². The molecule has 0 saturated carbocycles. The van der Waals surface area contributed by atoms with Crippen LogP contribution < -0.4 is 5.73 Å². The van der Waals surface area contributed by atoms with Crippen LogP contribution in [0.5, 0.6) is 0 Å². The van der Waals surface area contributed by atoms with Crippen LogP contribution in [0.1, 0.15) is 0 Å². The molecule has 6 heteroatoms. The minimum atomic E-state index is 0.247. The highest BCUT2D eigenvalue weighted by atomic mass is 35.5. The summed E-state index contributed by atoms with van der Waals surface area (Å²) in [6.07, 6.45) is 1.53. The van der Waals surface area contributed by atoms with Gasteiger partial charge in [-0.2, -0.15) is 0 Å². The normalized spacial score (nSPS) is 10.4. The van der Waals surface area contributed by atoms with Gasteiger partial charge in [0, 0.05) is 0 Å². The summed E-state index contributed by atoms with van der Waals surface area (Å²) in [5, 5.41) is 5.80. The molecule has 0 aromatic carbocycles. The Labute approximate surface area is 77.6 Å². The molecular formula is C6H5ClN4S. The van der Waals surface area contributed by atoms with Crippen molar-refractivity contribution >= 4 is 28.9 Å². The van der Waals surface area contributed by atoms with Crippen molar-refractivity contribution in [1.29, 1.82) is 0 Å². The van der Waals surface area contributed by atoms with E-state index in [0.717, 1.165) is 5.69 Å². The molecule has 0 spiro atoms. The summed E-state index contributed by atoms with van der Waals surface area (Å²) in [6, 6.07) is 1.86. The smallest absolute Gasteiger partial charge is 0.239 e. The second kappa shape index (κ2) is 2.76. The van der Waals surface area contributed by atoms with E-state index in [2.05, 4.69) is 10.1 Å². The first-order valence-electron chi connectivity index (χ1n) is 3.18. The molecule has 2 aromatic heterocycles. The van der Waals surface area contributed by atoms with E-state index in [0.29, 0.717) is 4.34 Å². The fourth-order valence-electron chi connectivity index (χ4n) is 0.842. The molecule has 62 valence electrons. The lowest BCUT2D eigenvalue weighted by atomic mass is 10.5. The predicted molar refractivity (Wildman–Crippen MR) is 48.7 cm³/mol. The number of thiophene rings is 1. The Hall–Kier alpha value is -1.07. The average Bonchev–Trinajstić information content (AvgIpc) is 2.58. The molecule has 0 aliphatic carbocycles. The molecule has 0 saturated heterocycles. The van der Waals surface area contributed by atoms with E-state index >= 15 is 0 Å². The minimum Gasteiger partial charge on any atom is -0.366 e. The third-order valence-corrected chi connectivity index (χ3v) is 2.50. The van der Waals surface area contributed by atoms with Crippen molar-refractivity contribution in [3.8, 4) is 5.69 Å². The number of hydrogen-bond donors (Lipinski definition) is 1. The van der Waals surface area contributed by atoms with Crippen molar-refractivity contribution in [2.45, 2.75) is 0 Å². The zero-order valence-electron chi connectivity index (χ0n) is 5.94. The number of rotatable bonds is 1. The molecule has 0 atom stereocenters. The van der Waals surface area contributed by atoms with Gasteiger partial charge < -0.3 is 5.73 Å². The second-order valence-corrected chi connectivity index (χ2v) is 3.65. The van der Waals surface area contributed by atoms with Crippen LogP contribution >= 0.6 is 22.9 Å². The molecule has 0 amide bonds. The molecular weight excluding hydrogens is 196 g/mol. The Morgan fingerprint density at radius 3 is 2.92 bits per heavy atom. The van der Waals surface area contributed by atoms with E-state index < -0.39 is 0 Å². The lowest BCUT2D eigenvalue weighted by Gasteiger charge is -1.94. The Balaban J connectivity index is 2.50. The zero-order chi connectivity index (χ0) is 8.55. The van der Waals surface area contributed by atoms with Gasteiger partial charge in [0.2, 0.25) is 5.95 Å². The largest absolute Gasteiger partial charge is 0.366 e. The number of nitrogens with two attached hydrogens (primary N) is 1. The molecule has 0 aliphatic heterocycles. The summed E-state index contributed by atoms with van der Waals surface area (Å²) >= 11 is 7.32. The highest BCUT2D eigenvalue weighted by molar-refractivity contribution is 7.14. The van der Waals surface area contributed by atoms with Gasteiger partial charge in [0.05, 0.1) is 5.69 Å². The van der Waals surface area contributed by atoms with Crippen LogP contribution in [0.2, 0.25) is 4.34 Å². The van der Waals surface area contributed by atoms with Crippen LogP contribution in [0.3, 0.4) is 0 Å². The van der Waals surface area contributed by atoms with E-state index in [1.54, 1.807) is 4.68 Å². The van der Waals surface area contributed by atoms with Gasteiger partial charge in [-0.3, -0.25) is 0 Å². The molecule has 0 radical (unpaired) electrons. The Bertz CT molecular complexity index is 394. The Morgan fingerprint density at radius 2 is 2.42 bits per heavy atom. The third kappa shape index (κ3) is 1.17. The number of anilines is 1. The maximum absolute atomic E-state index is 5.87. The first-order valence-corrected chi connectivity index (χ1v) is 4.43. The van der Waals surface area contributed by atoms with Crippen LogP contribution in [0.4, 0.5) is 5.95 Å². The summed E-state index contributed by atoms with van der Waals surface area (Å²) in [5.74, 6) is 0.247. The molecule has 0 unspecified atom stereocenters. The number of halogens is 1. The van der Waals surface area contributed by atoms with Crippen molar-refractivity contribution in [2.75, 3.05) is 5.73 Å². The molecule has 0 fully saturated rings. The molecule has 2 rings (SSSR count). The third-order valence-electron chi connectivity index (χ3n) is 1.36. The Morgan fingerprint density at radius 1 is 1.58 bits per heavy atom. The van der Waals surface area contributed by atoms with Gasteiger partial charge in [0.15, 0.2) is 0 Å². The lowest BCUT2D eigenvalue weighted by Crippen LogP contribution is -1.94.